The van der Waals surface area contributed by atoms with Crippen molar-refractivity contribution in [3.8, 4) is 0 Å². The summed E-state index contributed by atoms with van der Waals surface area (Å²) >= 11 is 0. The number of rotatable bonds is 3. The number of hydrogen-bond donors (Lipinski definition) is 1. The summed E-state index contributed by atoms with van der Waals surface area (Å²) < 4.78 is 0. The molecule has 19 heavy (non-hydrogen) atoms. The predicted molar refractivity (Wildman–Crippen MR) is 77.6 cm³/mol. The number of amides is 1. The van der Waals surface area contributed by atoms with Crippen molar-refractivity contribution in [1.29, 1.82) is 0 Å². The van der Waals surface area contributed by atoms with Crippen molar-refractivity contribution in [2.24, 2.45) is 22.6 Å². The van der Waals surface area contributed by atoms with E-state index in [4.69, 9.17) is 5.73 Å². The van der Waals surface area contributed by atoms with Crippen LogP contribution in [0.2, 0.25) is 0 Å². The quantitative estimate of drug-likeness (QED) is 0.791. The molecule has 0 bridgehead atoms. The second-order valence-corrected chi connectivity index (χ2v) is 5.86. The molecule has 1 aliphatic heterocycles. The van der Waals surface area contributed by atoms with Crippen LogP contribution < -0.4 is 5.73 Å². The zero-order valence-corrected chi connectivity index (χ0v) is 12.0. The van der Waals surface area contributed by atoms with Gasteiger partial charge < -0.3 is 10.6 Å². The molecule has 0 fully saturated rings. The van der Waals surface area contributed by atoms with E-state index in [-0.39, 0.29) is 18.0 Å². The summed E-state index contributed by atoms with van der Waals surface area (Å²) in [7, 11) is 0. The van der Waals surface area contributed by atoms with E-state index < -0.39 is 0 Å². The van der Waals surface area contributed by atoms with Crippen molar-refractivity contribution < 1.29 is 4.79 Å². The maximum atomic E-state index is 11.6. The third-order valence-electron chi connectivity index (χ3n) is 3.98. The molecule has 1 amide bonds. The second kappa shape index (κ2) is 5.29. The zero-order valence-electron chi connectivity index (χ0n) is 12.0. The van der Waals surface area contributed by atoms with Crippen LogP contribution in [0, 0.1) is 11.8 Å². The summed E-state index contributed by atoms with van der Waals surface area (Å²) in [5.74, 6) is 0.642. The van der Waals surface area contributed by atoms with Crippen LogP contribution in [0.25, 0.3) is 0 Å². The molecule has 0 aromatic rings. The van der Waals surface area contributed by atoms with Gasteiger partial charge in [0.05, 0.1) is 6.17 Å². The van der Waals surface area contributed by atoms with Crippen LogP contribution in [0.15, 0.2) is 27.9 Å². The summed E-state index contributed by atoms with van der Waals surface area (Å²) in [6, 6.07) is 0. The molecule has 4 heteroatoms. The van der Waals surface area contributed by atoms with Gasteiger partial charge in [0.15, 0.2) is 0 Å². The Morgan fingerprint density at radius 1 is 1.58 bits per heavy atom. The van der Waals surface area contributed by atoms with Crippen LogP contribution in [0.1, 0.15) is 33.6 Å². The molecular weight excluding hydrogens is 238 g/mol. The molecule has 2 atom stereocenters. The minimum Gasteiger partial charge on any atom is -0.358 e. The lowest BCUT2D eigenvalue weighted by Gasteiger charge is -2.30. The van der Waals surface area contributed by atoms with Gasteiger partial charge in [0.25, 0.3) is 5.91 Å². The van der Waals surface area contributed by atoms with Gasteiger partial charge in [-0.3, -0.25) is 4.79 Å². The highest BCUT2D eigenvalue weighted by Gasteiger charge is 2.36. The van der Waals surface area contributed by atoms with Crippen LogP contribution in [0.5, 0.6) is 0 Å². The molecule has 0 spiro atoms. The molecule has 2 unspecified atom stereocenters. The molecule has 0 aromatic carbocycles. The Morgan fingerprint density at radius 3 is 2.84 bits per heavy atom. The molecule has 0 saturated heterocycles. The van der Waals surface area contributed by atoms with Gasteiger partial charge in [-0.2, -0.15) is 0 Å². The molecule has 0 radical (unpaired) electrons. The number of carbonyl (C=O) groups excluding carboxylic acids is 1. The van der Waals surface area contributed by atoms with Crippen molar-refractivity contribution in [3.63, 3.8) is 0 Å². The smallest absolute Gasteiger partial charge is 0.272 e. The molecule has 2 aliphatic rings. The van der Waals surface area contributed by atoms with Crippen LogP contribution in [0.3, 0.4) is 0 Å². The third kappa shape index (κ3) is 2.50. The maximum absolute atomic E-state index is 11.6. The Bertz CT molecular complexity index is 462. The number of allylic oxidation sites excluding steroid dienone is 2. The lowest BCUT2D eigenvalue weighted by Crippen LogP contribution is -2.42. The average molecular weight is 261 g/mol. The van der Waals surface area contributed by atoms with Crippen molar-refractivity contribution in [1.82, 2.24) is 4.90 Å². The summed E-state index contributed by atoms with van der Waals surface area (Å²) in [5, 5.41) is 0. The molecule has 0 aromatic heterocycles. The van der Waals surface area contributed by atoms with Crippen LogP contribution in [-0.2, 0) is 4.79 Å². The normalized spacial score (nSPS) is 26.6. The van der Waals surface area contributed by atoms with E-state index in [9.17, 15) is 4.79 Å². The minimum atomic E-state index is -0.199. The lowest BCUT2D eigenvalue weighted by atomic mass is 9.91. The van der Waals surface area contributed by atoms with E-state index in [2.05, 4.69) is 37.4 Å². The monoisotopic (exact) mass is 261 g/mol. The summed E-state index contributed by atoms with van der Waals surface area (Å²) in [6.45, 7) is 10.8. The molecule has 0 saturated carbocycles. The minimum absolute atomic E-state index is 0.0230. The predicted octanol–water partition coefficient (Wildman–Crippen LogP) is 2.08. The molecule has 2 rings (SSSR count). The van der Waals surface area contributed by atoms with E-state index in [1.54, 1.807) is 0 Å². The lowest BCUT2D eigenvalue weighted by molar-refractivity contribution is -0.114. The van der Waals surface area contributed by atoms with E-state index in [0.29, 0.717) is 5.92 Å². The van der Waals surface area contributed by atoms with Crippen molar-refractivity contribution in [2.45, 2.75) is 39.8 Å². The Hall–Kier alpha value is -1.42. The van der Waals surface area contributed by atoms with Crippen molar-refractivity contribution in [3.05, 3.63) is 22.9 Å². The highest BCUT2D eigenvalue weighted by atomic mass is 16.1. The molecule has 1 aliphatic carbocycles. The van der Waals surface area contributed by atoms with Gasteiger partial charge >= 0.3 is 0 Å². The SMILES string of the molecule is C=NC(=O)C1=CC2=C(CC1)N(CC(C)C)C(N)C2C. The first-order valence-corrected chi connectivity index (χ1v) is 6.92. The Labute approximate surface area is 115 Å². The van der Waals surface area contributed by atoms with E-state index >= 15 is 0 Å². The molecular formula is C15H23N3O. The van der Waals surface area contributed by atoms with Crippen LogP contribution in [-0.4, -0.2) is 30.2 Å². The Kier molecular flexibility index (Phi) is 3.90. The van der Waals surface area contributed by atoms with Crippen molar-refractivity contribution >= 4 is 12.6 Å². The zero-order chi connectivity index (χ0) is 14.2. The highest BCUT2D eigenvalue weighted by molar-refractivity contribution is 5.97. The van der Waals surface area contributed by atoms with Gasteiger partial charge in [-0.15, -0.1) is 0 Å². The topological polar surface area (TPSA) is 58.7 Å². The van der Waals surface area contributed by atoms with Crippen LogP contribution >= 0.6 is 0 Å². The number of aliphatic imine (C=N–C) groups is 1. The Balaban J connectivity index is 2.31. The first-order chi connectivity index (χ1) is 8.95. The summed E-state index contributed by atoms with van der Waals surface area (Å²) in [6.07, 6.45) is 3.63. The number of nitrogens with zero attached hydrogens (tertiary/aromatic N) is 2. The highest BCUT2D eigenvalue weighted by Crippen LogP contribution is 2.39. The van der Waals surface area contributed by atoms with E-state index in [1.807, 2.05) is 6.08 Å². The first-order valence-electron chi connectivity index (χ1n) is 6.92. The second-order valence-electron chi connectivity index (χ2n) is 5.86. The average Bonchev–Trinajstić information content (AvgIpc) is 2.62. The van der Waals surface area contributed by atoms with Crippen molar-refractivity contribution in [2.75, 3.05) is 6.54 Å². The number of carbonyl (C=O) groups is 1. The number of nitrogens with two attached hydrogens (primary N) is 1. The molecule has 2 N–H and O–H groups in total. The van der Waals surface area contributed by atoms with Crippen LogP contribution in [0.4, 0.5) is 0 Å². The fraction of sp³-hybridized carbons (Fsp3) is 0.600. The molecule has 4 nitrogen and oxygen atoms in total. The summed E-state index contributed by atoms with van der Waals surface area (Å²) in [4.78, 5) is 17.5. The summed E-state index contributed by atoms with van der Waals surface area (Å²) in [5.41, 5.74) is 9.61. The van der Waals surface area contributed by atoms with Gasteiger partial charge in [-0.05, 0) is 37.1 Å². The van der Waals surface area contributed by atoms with Gasteiger partial charge in [-0.1, -0.05) is 20.8 Å². The standard InChI is InChI=1S/C15H23N3O/c1-9(2)8-18-13-6-5-11(15(19)17-4)7-12(13)10(3)14(18)16/h7,9-10,14H,4-6,8,16H2,1-3H3. The maximum Gasteiger partial charge on any atom is 0.272 e. The number of hydrogen-bond acceptors (Lipinski definition) is 3. The molecule has 104 valence electrons. The van der Waals surface area contributed by atoms with E-state index in [0.717, 1.165) is 25.0 Å². The third-order valence-corrected chi connectivity index (χ3v) is 3.98. The van der Waals surface area contributed by atoms with E-state index in [1.165, 1.54) is 11.3 Å². The largest absolute Gasteiger partial charge is 0.358 e. The van der Waals surface area contributed by atoms with Gasteiger partial charge in [-0.25, -0.2) is 4.99 Å². The fourth-order valence-electron chi connectivity index (χ4n) is 2.97. The molecule has 1 heterocycles. The Morgan fingerprint density at radius 2 is 2.26 bits per heavy atom. The fourth-order valence-corrected chi connectivity index (χ4v) is 2.97. The van der Waals surface area contributed by atoms with Gasteiger partial charge in [0.1, 0.15) is 0 Å². The first kappa shape index (κ1) is 14.0. The van der Waals surface area contributed by atoms with Gasteiger partial charge in [0.2, 0.25) is 0 Å². The van der Waals surface area contributed by atoms with Gasteiger partial charge in [0, 0.05) is 23.7 Å².